The molecule has 4 atom stereocenters. The third kappa shape index (κ3) is 10.9. The van der Waals surface area contributed by atoms with Gasteiger partial charge in [0.2, 0.25) is 23.6 Å². The molecule has 0 aliphatic heterocycles. The number of carbonyl (C=O) groups excluding carboxylic acids is 4. The van der Waals surface area contributed by atoms with Gasteiger partial charge in [-0.1, -0.05) is 26.0 Å². The van der Waals surface area contributed by atoms with Crippen LogP contribution >= 0.6 is 0 Å². The molecule has 12 heteroatoms. The Bertz CT molecular complexity index is 902. The average Bonchev–Trinajstić information content (AvgIpc) is 2.76. The molecule has 194 valence electrons. The lowest BCUT2D eigenvalue weighted by Gasteiger charge is -2.26. The van der Waals surface area contributed by atoms with E-state index in [2.05, 4.69) is 16.0 Å². The number of carbonyl (C=O) groups is 5. The van der Waals surface area contributed by atoms with Gasteiger partial charge in [-0.3, -0.25) is 19.2 Å². The summed E-state index contributed by atoms with van der Waals surface area (Å²) in [5.41, 5.74) is 11.3. The standard InChI is InChI=1S/C23H35N5O7/c1-12(2)10-17(21(32)26-16(23(34)35)8-9-19(25)30)28-22(33)18(27-20(31)13(3)24)11-14-4-6-15(29)7-5-14/h4-7,12-13,16-18,29H,8-11,24H2,1-3H3,(H2,25,30)(H,26,32)(H,27,31)(H,28,33)(H,34,35). The van der Waals surface area contributed by atoms with Crippen molar-refractivity contribution in [1.82, 2.24) is 16.0 Å². The summed E-state index contributed by atoms with van der Waals surface area (Å²) in [6.45, 7) is 5.10. The van der Waals surface area contributed by atoms with Gasteiger partial charge in [-0.2, -0.15) is 0 Å². The van der Waals surface area contributed by atoms with Gasteiger partial charge in [-0.15, -0.1) is 0 Å². The minimum Gasteiger partial charge on any atom is -0.508 e. The van der Waals surface area contributed by atoms with E-state index in [0.717, 1.165) is 0 Å². The molecule has 0 spiro atoms. The highest BCUT2D eigenvalue weighted by Crippen LogP contribution is 2.13. The van der Waals surface area contributed by atoms with E-state index in [0.29, 0.717) is 5.56 Å². The second-order valence-corrected chi connectivity index (χ2v) is 8.82. The molecule has 1 rings (SSSR count). The third-order valence-electron chi connectivity index (χ3n) is 5.06. The van der Waals surface area contributed by atoms with Crippen LogP contribution in [0.1, 0.15) is 45.6 Å². The molecule has 9 N–H and O–H groups in total. The van der Waals surface area contributed by atoms with Crippen molar-refractivity contribution in [2.45, 2.75) is 70.6 Å². The van der Waals surface area contributed by atoms with E-state index in [9.17, 15) is 34.2 Å². The number of carboxylic acids is 1. The second-order valence-electron chi connectivity index (χ2n) is 8.82. The Morgan fingerprint density at radius 3 is 1.86 bits per heavy atom. The summed E-state index contributed by atoms with van der Waals surface area (Å²) < 4.78 is 0. The number of primary amides is 1. The number of carboxylic acid groups (broad SMARTS) is 1. The zero-order valence-corrected chi connectivity index (χ0v) is 20.1. The number of phenolic OH excluding ortho intramolecular Hbond substituents is 1. The second kappa shape index (κ2) is 13.9. The molecule has 0 radical (unpaired) electrons. The van der Waals surface area contributed by atoms with E-state index >= 15 is 0 Å². The number of phenols is 1. The predicted octanol–water partition coefficient (Wildman–Crippen LogP) is -0.867. The highest BCUT2D eigenvalue weighted by atomic mass is 16.4. The Balaban J connectivity index is 3.07. The summed E-state index contributed by atoms with van der Waals surface area (Å²) in [5.74, 6) is -4.06. The molecule has 0 bridgehead atoms. The molecular weight excluding hydrogens is 458 g/mol. The van der Waals surface area contributed by atoms with Crippen LogP contribution in [-0.4, -0.2) is 64.0 Å². The van der Waals surface area contributed by atoms with Crippen molar-refractivity contribution in [3.05, 3.63) is 29.8 Å². The first-order chi connectivity index (χ1) is 16.3. The maximum atomic E-state index is 13.1. The van der Waals surface area contributed by atoms with E-state index in [1.54, 1.807) is 12.1 Å². The first kappa shape index (κ1) is 29.4. The molecule has 0 fully saturated rings. The number of aromatic hydroxyl groups is 1. The first-order valence-electron chi connectivity index (χ1n) is 11.3. The number of benzene rings is 1. The molecule has 4 amide bonds. The van der Waals surface area contributed by atoms with E-state index in [4.69, 9.17) is 11.5 Å². The maximum Gasteiger partial charge on any atom is 0.326 e. The molecule has 12 nitrogen and oxygen atoms in total. The molecule has 4 unspecified atom stereocenters. The van der Waals surface area contributed by atoms with Crippen molar-refractivity contribution in [1.29, 1.82) is 0 Å². The van der Waals surface area contributed by atoms with Crippen molar-refractivity contribution < 1.29 is 34.2 Å². The van der Waals surface area contributed by atoms with E-state index in [1.165, 1.54) is 19.1 Å². The van der Waals surface area contributed by atoms with Gasteiger partial charge in [0, 0.05) is 12.8 Å². The van der Waals surface area contributed by atoms with Crippen molar-refractivity contribution in [2.24, 2.45) is 17.4 Å². The molecule has 0 heterocycles. The molecule has 0 aliphatic rings. The van der Waals surface area contributed by atoms with E-state index < -0.39 is 53.8 Å². The van der Waals surface area contributed by atoms with Crippen LogP contribution in [0, 0.1) is 5.92 Å². The van der Waals surface area contributed by atoms with Crippen LogP contribution in [0.5, 0.6) is 5.75 Å². The molecule has 1 aromatic carbocycles. The minimum atomic E-state index is -1.37. The Labute approximate surface area is 203 Å². The Morgan fingerprint density at radius 2 is 1.37 bits per heavy atom. The lowest BCUT2D eigenvalue weighted by atomic mass is 10.00. The lowest BCUT2D eigenvalue weighted by Crippen LogP contribution is -2.57. The summed E-state index contributed by atoms with van der Waals surface area (Å²) in [4.78, 5) is 60.7. The van der Waals surface area contributed by atoms with Crippen molar-refractivity contribution in [3.8, 4) is 5.75 Å². The van der Waals surface area contributed by atoms with Gasteiger partial charge in [0.05, 0.1) is 6.04 Å². The van der Waals surface area contributed by atoms with Crippen LogP contribution < -0.4 is 27.4 Å². The smallest absolute Gasteiger partial charge is 0.326 e. The molecule has 35 heavy (non-hydrogen) atoms. The maximum absolute atomic E-state index is 13.1. The van der Waals surface area contributed by atoms with Gasteiger partial charge in [0.1, 0.15) is 23.9 Å². The van der Waals surface area contributed by atoms with Crippen molar-refractivity contribution >= 4 is 29.6 Å². The van der Waals surface area contributed by atoms with Crippen molar-refractivity contribution in [2.75, 3.05) is 0 Å². The molecule has 0 aliphatic carbocycles. The normalized spacial score (nSPS) is 14.3. The Hall–Kier alpha value is -3.67. The zero-order chi connectivity index (χ0) is 26.7. The number of hydrogen-bond donors (Lipinski definition) is 7. The largest absolute Gasteiger partial charge is 0.508 e. The number of hydrogen-bond acceptors (Lipinski definition) is 7. The number of aliphatic carboxylic acids is 1. The lowest BCUT2D eigenvalue weighted by molar-refractivity contribution is -0.142. The molecule has 0 aromatic heterocycles. The van der Waals surface area contributed by atoms with Gasteiger partial charge in [0.25, 0.3) is 0 Å². The van der Waals surface area contributed by atoms with Gasteiger partial charge >= 0.3 is 5.97 Å². The fourth-order valence-electron chi connectivity index (χ4n) is 3.17. The topological polar surface area (TPSA) is 214 Å². The average molecular weight is 494 g/mol. The van der Waals surface area contributed by atoms with Gasteiger partial charge < -0.3 is 37.6 Å². The monoisotopic (exact) mass is 493 g/mol. The first-order valence-corrected chi connectivity index (χ1v) is 11.3. The third-order valence-corrected chi connectivity index (χ3v) is 5.06. The fourth-order valence-corrected chi connectivity index (χ4v) is 3.17. The predicted molar refractivity (Wildman–Crippen MR) is 127 cm³/mol. The summed E-state index contributed by atoms with van der Waals surface area (Å²) in [5, 5.41) is 26.3. The van der Waals surface area contributed by atoms with Gasteiger partial charge in [-0.25, -0.2) is 4.79 Å². The Morgan fingerprint density at radius 1 is 0.857 bits per heavy atom. The summed E-state index contributed by atoms with van der Waals surface area (Å²) in [6, 6.07) is 1.59. The van der Waals surface area contributed by atoms with Crippen LogP contribution in [0.3, 0.4) is 0 Å². The van der Waals surface area contributed by atoms with Crippen LogP contribution in [0.4, 0.5) is 0 Å². The number of rotatable bonds is 14. The van der Waals surface area contributed by atoms with E-state index in [1.807, 2.05) is 13.8 Å². The van der Waals surface area contributed by atoms with Gasteiger partial charge in [0.15, 0.2) is 0 Å². The van der Waals surface area contributed by atoms with E-state index in [-0.39, 0.29) is 37.4 Å². The number of amides is 4. The minimum absolute atomic E-state index is 0.0346. The van der Waals surface area contributed by atoms with Crippen LogP contribution in [0.2, 0.25) is 0 Å². The molecule has 1 aromatic rings. The molecule has 0 saturated heterocycles. The molecular formula is C23H35N5O7. The highest BCUT2D eigenvalue weighted by Gasteiger charge is 2.30. The summed E-state index contributed by atoms with van der Waals surface area (Å²) in [6.07, 6.45) is -0.201. The SMILES string of the molecule is CC(C)CC(NC(=O)C(Cc1ccc(O)cc1)NC(=O)C(C)N)C(=O)NC(CCC(N)=O)C(=O)O. The van der Waals surface area contributed by atoms with Crippen LogP contribution in [0.15, 0.2) is 24.3 Å². The fraction of sp³-hybridized carbons (Fsp3) is 0.522. The summed E-state index contributed by atoms with van der Waals surface area (Å²) >= 11 is 0. The number of nitrogens with one attached hydrogen (secondary N) is 3. The Kier molecular flexibility index (Phi) is 11.7. The number of nitrogens with two attached hydrogens (primary N) is 2. The van der Waals surface area contributed by atoms with Gasteiger partial charge in [-0.05, 0) is 43.4 Å². The van der Waals surface area contributed by atoms with Crippen LogP contribution in [0.25, 0.3) is 0 Å². The quantitative estimate of drug-likeness (QED) is 0.172. The zero-order valence-electron chi connectivity index (χ0n) is 20.1. The molecule has 0 saturated carbocycles. The van der Waals surface area contributed by atoms with Crippen LogP contribution in [-0.2, 0) is 30.4 Å². The highest BCUT2D eigenvalue weighted by molar-refractivity contribution is 5.94. The van der Waals surface area contributed by atoms with Crippen molar-refractivity contribution in [3.63, 3.8) is 0 Å². The summed E-state index contributed by atoms with van der Waals surface area (Å²) in [7, 11) is 0.